The fraction of sp³-hybridized carbons (Fsp3) is 0.0667. The molecule has 0 saturated heterocycles. The van der Waals surface area contributed by atoms with E-state index < -0.39 is 11.9 Å². The number of rotatable bonds is 5. The van der Waals surface area contributed by atoms with E-state index in [1.165, 1.54) is 29.2 Å². The summed E-state index contributed by atoms with van der Waals surface area (Å²) < 4.78 is 15.9. The maximum absolute atomic E-state index is 14.4. The Labute approximate surface area is 236 Å². The number of halogens is 3. The van der Waals surface area contributed by atoms with Crippen molar-refractivity contribution in [3.63, 3.8) is 0 Å². The number of hydrogen-bond acceptors (Lipinski definition) is 5. The lowest BCUT2D eigenvalue weighted by molar-refractivity contribution is 0.629. The van der Waals surface area contributed by atoms with Gasteiger partial charge in [-0.1, -0.05) is 71.7 Å². The zero-order chi connectivity index (χ0) is 28.0. The molecule has 6 rings (SSSR count). The highest BCUT2D eigenvalue weighted by Crippen LogP contribution is 2.38. The lowest BCUT2D eigenvalue weighted by Gasteiger charge is -2.24. The van der Waals surface area contributed by atoms with Gasteiger partial charge >= 0.3 is 0 Å². The standard InChI is InChI=1S/C30H20Cl2FN5O2/c1-16(37-29-24-22(39)13-14-34-28(24)35-15-36-29)27-26(32)20-11-5-9-18(19-10-6-12-21(33)25(19)31)23(20)30(40)38(27)17-7-3-2-4-8-17/h2-16H,1H3,(H2,34,35,36,37,39)/t16-/m0/s1. The summed E-state index contributed by atoms with van der Waals surface area (Å²) in [7, 11) is 0. The Balaban J connectivity index is 1.64. The van der Waals surface area contributed by atoms with Crippen LogP contribution in [0.25, 0.3) is 38.6 Å². The number of aromatic amines is 1. The summed E-state index contributed by atoms with van der Waals surface area (Å²) in [6.07, 6.45) is 2.86. The highest BCUT2D eigenvalue weighted by molar-refractivity contribution is 6.37. The summed E-state index contributed by atoms with van der Waals surface area (Å²) in [4.78, 5) is 38.4. The summed E-state index contributed by atoms with van der Waals surface area (Å²) in [5.41, 5.74) is 1.61. The third kappa shape index (κ3) is 4.22. The average Bonchev–Trinajstić information content (AvgIpc) is 2.96. The van der Waals surface area contributed by atoms with E-state index in [1.54, 1.807) is 42.5 Å². The van der Waals surface area contributed by atoms with Crippen LogP contribution in [0.5, 0.6) is 0 Å². The van der Waals surface area contributed by atoms with Crippen LogP contribution in [-0.4, -0.2) is 19.5 Å². The molecule has 0 radical (unpaired) electrons. The number of hydrogen-bond donors (Lipinski definition) is 2. The van der Waals surface area contributed by atoms with E-state index >= 15 is 0 Å². The van der Waals surface area contributed by atoms with Crippen LogP contribution in [0.3, 0.4) is 0 Å². The molecule has 2 N–H and O–H groups in total. The Kier molecular flexibility index (Phi) is 6.57. The van der Waals surface area contributed by atoms with Crippen molar-refractivity contribution in [2.75, 3.05) is 5.32 Å². The van der Waals surface area contributed by atoms with Gasteiger partial charge in [0.15, 0.2) is 5.43 Å². The van der Waals surface area contributed by atoms with Gasteiger partial charge in [0, 0.05) is 28.9 Å². The topological polar surface area (TPSA) is 92.7 Å². The molecule has 3 heterocycles. The van der Waals surface area contributed by atoms with E-state index in [0.29, 0.717) is 49.8 Å². The normalized spacial score (nSPS) is 12.1. The number of nitrogens with one attached hydrogen (secondary N) is 2. The minimum absolute atomic E-state index is 0.0863. The van der Waals surface area contributed by atoms with Gasteiger partial charge in [-0.2, -0.15) is 0 Å². The van der Waals surface area contributed by atoms with Crippen LogP contribution in [-0.2, 0) is 0 Å². The predicted octanol–water partition coefficient (Wildman–Crippen LogP) is 6.91. The molecule has 198 valence electrons. The van der Waals surface area contributed by atoms with Gasteiger partial charge in [-0.15, -0.1) is 0 Å². The first-order valence-corrected chi connectivity index (χ1v) is 13.1. The Morgan fingerprint density at radius 1 is 0.875 bits per heavy atom. The van der Waals surface area contributed by atoms with Crippen LogP contribution >= 0.6 is 23.2 Å². The second kappa shape index (κ2) is 10.2. The summed E-state index contributed by atoms with van der Waals surface area (Å²) in [5, 5.41) is 4.54. The van der Waals surface area contributed by atoms with Crippen LogP contribution in [0.15, 0.2) is 94.9 Å². The molecule has 7 nitrogen and oxygen atoms in total. The molecule has 0 spiro atoms. The third-order valence-corrected chi connectivity index (χ3v) is 7.53. The Morgan fingerprint density at radius 2 is 1.62 bits per heavy atom. The van der Waals surface area contributed by atoms with E-state index in [4.69, 9.17) is 23.2 Å². The van der Waals surface area contributed by atoms with Crippen LogP contribution < -0.4 is 16.3 Å². The molecule has 0 fully saturated rings. The van der Waals surface area contributed by atoms with Crippen molar-refractivity contribution in [3.8, 4) is 16.8 Å². The fourth-order valence-corrected chi connectivity index (χ4v) is 5.60. The first kappa shape index (κ1) is 25.7. The second-order valence-corrected chi connectivity index (χ2v) is 9.91. The first-order valence-electron chi connectivity index (χ1n) is 12.3. The van der Waals surface area contributed by atoms with Gasteiger partial charge in [-0.25, -0.2) is 14.4 Å². The maximum atomic E-state index is 14.4. The fourth-order valence-electron chi connectivity index (χ4n) is 4.97. The van der Waals surface area contributed by atoms with Crippen molar-refractivity contribution < 1.29 is 4.39 Å². The zero-order valence-corrected chi connectivity index (χ0v) is 22.5. The highest BCUT2D eigenvalue weighted by atomic mass is 35.5. The molecule has 0 amide bonds. The molecule has 0 unspecified atom stereocenters. The minimum Gasteiger partial charge on any atom is -0.361 e. The van der Waals surface area contributed by atoms with E-state index in [0.717, 1.165) is 0 Å². The van der Waals surface area contributed by atoms with Crippen LogP contribution in [0.1, 0.15) is 18.7 Å². The van der Waals surface area contributed by atoms with Gasteiger partial charge in [0.1, 0.15) is 29.0 Å². The van der Waals surface area contributed by atoms with Crippen molar-refractivity contribution >= 4 is 50.8 Å². The Bertz CT molecular complexity index is 2040. The number of pyridine rings is 2. The molecule has 0 aliphatic carbocycles. The van der Waals surface area contributed by atoms with E-state index in [2.05, 4.69) is 20.3 Å². The van der Waals surface area contributed by atoms with Crippen molar-refractivity contribution in [2.24, 2.45) is 0 Å². The van der Waals surface area contributed by atoms with Gasteiger partial charge in [-0.3, -0.25) is 14.2 Å². The molecular weight excluding hydrogens is 552 g/mol. The zero-order valence-electron chi connectivity index (χ0n) is 21.0. The maximum Gasteiger partial charge on any atom is 0.263 e. The number of benzene rings is 3. The Morgan fingerprint density at radius 3 is 2.42 bits per heavy atom. The Hall–Kier alpha value is -4.53. The molecule has 0 bridgehead atoms. The van der Waals surface area contributed by atoms with Gasteiger partial charge < -0.3 is 10.3 Å². The van der Waals surface area contributed by atoms with Crippen molar-refractivity contribution in [1.82, 2.24) is 19.5 Å². The predicted molar refractivity (Wildman–Crippen MR) is 157 cm³/mol. The van der Waals surface area contributed by atoms with E-state index in [-0.39, 0.29) is 21.4 Å². The molecule has 3 aromatic heterocycles. The largest absolute Gasteiger partial charge is 0.361 e. The van der Waals surface area contributed by atoms with E-state index in [1.807, 2.05) is 25.1 Å². The average molecular weight is 572 g/mol. The smallest absolute Gasteiger partial charge is 0.263 e. The van der Waals surface area contributed by atoms with Crippen molar-refractivity contribution in [3.05, 3.63) is 127 Å². The van der Waals surface area contributed by atoms with Gasteiger partial charge in [-0.05, 0) is 30.7 Å². The monoisotopic (exact) mass is 571 g/mol. The molecule has 3 aromatic carbocycles. The molecule has 0 saturated carbocycles. The summed E-state index contributed by atoms with van der Waals surface area (Å²) >= 11 is 13.4. The molecule has 0 aliphatic heterocycles. The minimum atomic E-state index is -0.594. The number of nitrogens with zero attached hydrogens (tertiary/aromatic N) is 3. The van der Waals surface area contributed by atoms with Crippen molar-refractivity contribution in [2.45, 2.75) is 13.0 Å². The highest BCUT2D eigenvalue weighted by Gasteiger charge is 2.25. The number of fused-ring (bicyclic) bond motifs is 2. The van der Waals surface area contributed by atoms with Crippen LogP contribution in [0.2, 0.25) is 10.0 Å². The molecule has 6 aromatic rings. The van der Waals surface area contributed by atoms with E-state index in [9.17, 15) is 14.0 Å². The summed E-state index contributed by atoms with van der Waals surface area (Å²) in [6.45, 7) is 1.82. The number of para-hydroxylation sites is 1. The molecule has 10 heteroatoms. The lowest BCUT2D eigenvalue weighted by atomic mass is 9.97. The van der Waals surface area contributed by atoms with Gasteiger partial charge in [0.2, 0.25) is 0 Å². The van der Waals surface area contributed by atoms with Crippen LogP contribution in [0.4, 0.5) is 10.2 Å². The SMILES string of the molecule is C[C@H](Nc1ncnc2[nH]ccc(=O)c12)c1c(Cl)c2cccc(-c3cccc(F)c3Cl)c2c(=O)n1-c1ccccc1. The number of H-pyrrole nitrogens is 1. The number of anilines is 1. The van der Waals surface area contributed by atoms with Crippen LogP contribution in [0, 0.1) is 5.82 Å². The van der Waals surface area contributed by atoms with Gasteiger partial charge in [0.05, 0.1) is 27.2 Å². The molecule has 1 atom stereocenters. The van der Waals surface area contributed by atoms with Crippen molar-refractivity contribution in [1.29, 1.82) is 0 Å². The lowest BCUT2D eigenvalue weighted by Crippen LogP contribution is -2.27. The first-order chi connectivity index (χ1) is 19.4. The molecule has 40 heavy (non-hydrogen) atoms. The van der Waals surface area contributed by atoms with Gasteiger partial charge in [0.25, 0.3) is 5.56 Å². The quantitative estimate of drug-likeness (QED) is 0.234. The summed E-state index contributed by atoms with van der Waals surface area (Å²) in [5.74, 6) is -0.296. The molecular formula is C30H20Cl2FN5O2. The molecule has 0 aliphatic rings. The second-order valence-electron chi connectivity index (χ2n) is 9.16. The summed E-state index contributed by atoms with van der Waals surface area (Å²) in [6, 6.07) is 19.5. The third-order valence-electron chi connectivity index (χ3n) is 6.75. The number of aromatic nitrogens is 4.